The molecule has 33 heavy (non-hydrogen) atoms. The van der Waals surface area contributed by atoms with Crippen LogP contribution in [0.1, 0.15) is 35.4 Å². The lowest BCUT2D eigenvalue weighted by Crippen LogP contribution is -2.33. The average molecular weight is 483 g/mol. The molecule has 1 aliphatic rings. The summed E-state index contributed by atoms with van der Waals surface area (Å²) in [6, 6.07) is 8.71. The van der Waals surface area contributed by atoms with E-state index < -0.39 is 39.3 Å². The van der Waals surface area contributed by atoms with Crippen LogP contribution in [0.4, 0.5) is 13.2 Å². The molecule has 1 N–H and O–H groups in total. The number of aliphatic hydroxyl groups is 1. The van der Waals surface area contributed by atoms with Crippen LogP contribution in [0.2, 0.25) is 0 Å². The molecule has 3 aromatic rings. The average Bonchev–Trinajstić information content (AvgIpc) is 3.47. The molecule has 1 amide bonds. The standard InChI is InChI=1S/C20H20F3N5O4S/c1-2-27-18(20(21,22)23)17(8-24-27)33(31,32)28-10-14-9-26(11-16(14)25-28)19(30)15(12-29)13-6-4-3-5-7-13/h3-8,10,15,29H,2,9,11-12H2,1H3/t15-/m1/s1. The number of aryl methyl sites for hydroxylation is 1. The topological polar surface area (TPSA) is 110 Å². The minimum atomic E-state index is -4.93. The van der Waals surface area contributed by atoms with Crippen LogP contribution in [0.5, 0.6) is 0 Å². The van der Waals surface area contributed by atoms with Crippen molar-refractivity contribution in [1.82, 2.24) is 23.9 Å². The zero-order valence-corrected chi connectivity index (χ0v) is 18.2. The zero-order valence-electron chi connectivity index (χ0n) is 17.4. The number of halogens is 3. The maximum atomic E-state index is 13.5. The molecule has 0 radical (unpaired) electrons. The predicted molar refractivity (Wildman–Crippen MR) is 108 cm³/mol. The fourth-order valence-electron chi connectivity index (χ4n) is 3.82. The number of amides is 1. The molecule has 3 heterocycles. The van der Waals surface area contributed by atoms with Crippen molar-refractivity contribution in [3.8, 4) is 0 Å². The number of carbonyl (C=O) groups excluding carboxylic acids is 1. The first-order valence-corrected chi connectivity index (χ1v) is 11.4. The van der Waals surface area contributed by atoms with Gasteiger partial charge >= 0.3 is 6.18 Å². The highest BCUT2D eigenvalue weighted by Crippen LogP contribution is 2.35. The third-order valence-electron chi connectivity index (χ3n) is 5.45. The lowest BCUT2D eigenvalue weighted by atomic mass is 9.98. The van der Waals surface area contributed by atoms with Crippen LogP contribution in [-0.4, -0.2) is 49.9 Å². The van der Waals surface area contributed by atoms with Crippen LogP contribution in [-0.2, 0) is 40.6 Å². The molecule has 0 spiro atoms. The summed E-state index contributed by atoms with van der Waals surface area (Å²) in [6.45, 7) is 0.840. The van der Waals surface area contributed by atoms with E-state index in [9.17, 15) is 31.5 Å². The third kappa shape index (κ3) is 4.02. The maximum absolute atomic E-state index is 13.5. The number of alkyl halides is 3. The number of hydrogen-bond acceptors (Lipinski definition) is 6. The van der Waals surface area contributed by atoms with Gasteiger partial charge in [-0.15, -0.1) is 0 Å². The van der Waals surface area contributed by atoms with Gasteiger partial charge in [-0.3, -0.25) is 9.48 Å². The third-order valence-corrected chi connectivity index (χ3v) is 6.98. The number of benzene rings is 1. The second-order valence-corrected chi connectivity index (χ2v) is 9.25. The highest BCUT2D eigenvalue weighted by molar-refractivity contribution is 7.89. The Morgan fingerprint density at radius 1 is 1.21 bits per heavy atom. The number of carbonyl (C=O) groups is 1. The largest absolute Gasteiger partial charge is 0.434 e. The van der Waals surface area contributed by atoms with Gasteiger partial charge in [-0.05, 0) is 12.5 Å². The first-order chi connectivity index (χ1) is 15.6. The fourth-order valence-corrected chi connectivity index (χ4v) is 5.14. The van der Waals surface area contributed by atoms with E-state index in [4.69, 9.17) is 0 Å². The van der Waals surface area contributed by atoms with E-state index in [1.54, 1.807) is 30.3 Å². The lowest BCUT2D eigenvalue weighted by molar-refractivity contribution is -0.146. The molecule has 0 aliphatic carbocycles. The van der Waals surface area contributed by atoms with Crippen LogP contribution in [0.3, 0.4) is 0 Å². The molecule has 2 aromatic heterocycles. The summed E-state index contributed by atoms with van der Waals surface area (Å²) in [5.74, 6) is -1.15. The molecule has 9 nitrogen and oxygen atoms in total. The molecule has 1 atom stereocenters. The Hall–Kier alpha value is -3.19. The SMILES string of the molecule is CCn1ncc(S(=O)(=O)n2cc3c(n2)CN(C(=O)[C@H](CO)c2ccccc2)C3)c1C(F)(F)F. The van der Waals surface area contributed by atoms with E-state index in [2.05, 4.69) is 10.2 Å². The maximum Gasteiger partial charge on any atom is 0.434 e. The van der Waals surface area contributed by atoms with Crippen molar-refractivity contribution in [2.45, 2.75) is 43.5 Å². The highest BCUT2D eigenvalue weighted by atomic mass is 32.2. The lowest BCUT2D eigenvalue weighted by Gasteiger charge is -2.22. The monoisotopic (exact) mass is 483 g/mol. The molecule has 0 saturated heterocycles. The van der Waals surface area contributed by atoms with Gasteiger partial charge in [-0.25, -0.2) is 0 Å². The summed E-state index contributed by atoms with van der Waals surface area (Å²) in [4.78, 5) is 13.3. The van der Waals surface area contributed by atoms with Crippen LogP contribution in [0.15, 0.2) is 47.6 Å². The van der Waals surface area contributed by atoms with Crippen molar-refractivity contribution in [2.24, 2.45) is 0 Å². The number of aliphatic hydroxyl groups excluding tert-OH is 1. The molecule has 176 valence electrons. The second-order valence-electron chi connectivity index (χ2n) is 7.49. The zero-order chi connectivity index (χ0) is 24.0. The Kier molecular flexibility index (Phi) is 5.78. The van der Waals surface area contributed by atoms with Crippen molar-refractivity contribution >= 4 is 15.9 Å². The van der Waals surface area contributed by atoms with Crippen LogP contribution < -0.4 is 0 Å². The predicted octanol–water partition coefficient (Wildman–Crippen LogP) is 1.97. The summed E-state index contributed by atoms with van der Waals surface area (Å²) < 4.78 is 67.4. The Bertz CT molecular complexity index is 1260. The molecule has 0 saturated carbocycles. The summed E-state index contributed by atoms with van der Waals surface area (Å²) in [7, 11) is -4.66. The van der Waals surface area contributed by atoms with E-state index in [1.165, 1.54) is 11.8 Å². The van der Waals surface area contributed by atoms with Gasteiger partial charge in [0.05, 0.1) is 31.0 Å². The Morgan fingerprint density at radius 3 is 2.48 bits per heavy atom. The van der Waals surface area contributed by atoms with Crippen molar-refractivity contribution in [1.29, 1.82) is 0 Å². The number of fused-ring (bicyclic) bond motifs is 1. The number of aromatic nitrogens is 4. The fraction of sp³-hybridized carbons (Fsp3) is 0.350. The number of rotatable bonds is 6. The van der Waals surface area contributed by atoms with E-state index in [0.717, 1.165) is 6.20 Å². The number of hydrogen-bond donors (Lipinski definition) is 1. The van der Waals surface area contributed by atoms with Gasteiger partial charge in [0.25, 0.3) is 10.0 Å². The van der Waals surface area contributed by atoms with Gasteiger partial charge in [0.2, 0.25) is 5.91 Å². The summed E-state index contributed by atoms with van der Waals surface area (Å²) in [5, 5.41) is 17.2. The van der Waals surface area contributed by atoms with E-state index >= 15 is 0 Å². The van der Waals surface area contributed by atoms with Crippen molar-refractivity contribution in [3.63, 3.8) is 0 Å². The van der Waals surface area contributed by atoms with Crippen LogP contribution >= 0.6 is 0 Å². The van der Waals surface area contributed by atoms with Gasteiger partial charge < -0.3 is 10.0 Å². The quantitative estimate of drug-likeness (QED) is 0.574. The summed E-state index contributed by atoms with van der Waals surface area (Å²) in [5.41, 5.74) is -0.0813. The van der Waals surface area contributed by atoms with Crippen molar-refractivity contribution in [3.05, 3.63) is 65.2 Å². The molecule has 1 aliphatic heterocycles. The van der Waals surface area contributed by atoms with Crippen LogP contribution in [0, 0.1) is 0 Å². The molecular formula is C20H20F3N5O4S. The molecule has 0 fully saturated rings. The second kappa shape index (κ2) is 8.30. The van der Waals surface area contributed by atoms with Crippen LogP contribution in [0.25, 0.3) is 0 Å². The Balaban J connectivity index is 1.60. The molecular weight excluding hydrogens is 463 g/mol. The van der Waals surface area contributed by atoms with E-state index in [-0.39, 0.29) is 31.2 Å². The van der Waals surface area contributed by atoms with Gasteiger partial charge in [0.15, 0.2) is 5.69 Å². The normalized spacial score (nSPS) is 15.0. The van der Waals surface area contributed by atoms with E-state index in [1.807, 2.05) is 0 Å². The molecule has 0 bridgehead atoms. The Labute approximate surface area is 187 Å². The van der Waals surface area contributed by atoms with Crippen molar-refractivity contribution in [2.75, 3.05) is 6.61 Å². The summed E-state index contributed by atoms with van der Waals surface area (Å²) in [6.07, 6.45) is -3.15. The van der Waals surface area contributed by atoms with Gasteiger partial charge in [0, 0.05) is 24.8 Å². The minimum absolute atomic E-state index is 0.0212. The van der Waals surface area contributed by atoms with Gasteiger partial charge in [-0.2, -0.15) is 35.9 Å². The van der Waals surface area contributed by atoms with Gasteiger partial charge in [-0.1, -0.05) is 30.3 Å². The molecule has 4 rings (SSSR count). The molecule has 1 aromatic carbocycles. The van der Waals surface area contributed by atoms with Gasteiger partial charge in [0.1, 0.15) is 4.90 Å². The van der Waals surface area contributed by atoms with Crippen molar-refractivity contribution < 1.29 is 31.5 Å². The first-order valence-electron chi connectivity index (χ1n) is 9.98. The van der Waals surface area contributed by atoms with E-state index in [0.29, 0.717) is 26.1 Å². The highest BCUT2D eigenvalue weighted by Gasteiger charge is 2.43. The number of nitrogens with zero attached hydrogens (tertiary/aromatic N) is 5. The minimum Gasteiger partial charge on any atom is -0.395 e. The smallest absolute Gasteiger partial charge is 0.395 e. The molecule has 13 heteroatoms. The first kappa shape index (κ1) is 23.0. The Morgan fingerprint density at radius 2 is 1.91 bits per heavy atom. The molecule has 0 unspecified atom stereocenters. The summed E-state index contributed by atoms with van der Waals surface area (Å²) >= 11 is 0.